The highest BCUT2D eigenvalue weighted by molar-refractivity contribution is 5.27. The summed E-state index contributed by atoms with van der Waals surface area (Å²) in [4.78, 5) is 0. The van der Waals surface area contributed by atoms with Gasteiger partial charge in [-0.25, -0.2) is 0 Å². The van der Waals surface area contributed by atoms with Gasteiger partial charge in [0.15, 0.2) is 0 Å². The van der Waals surface area contributed by atoms with Gasteiger partial charge in [0.25, 0.3) is 0 Å². The minimum atomic E-state index is 0.851. The second-order valence-corrected chi connectivity index (χ2v) is 5.03. The van der Waals surface area contributed by atoms with Gasteiger partial charge in [-0.15, -0.1) is 0 Å². The van der Waals surface area contributed by atoms with E-state index in [9.17, 15) is 0 Å². The van der Waals surface area contributed by atoms with E-state index in [0.717, 1.165) is 25.3 Å². The fourth-order valence-corrected chi connectivity index (χ4v) is 2.28. The first-order valence-electron chi connectivity index (χ1n) is 6.99. The summed E-state index contributed by atoms with van der Waals surface area (Å²) in [6.45, 7) is 9.19. The lowest BCUT2D eigenvalue weighted by Gasteiger charge is -2.11. The van der Waals surface area contributed by atoms with Crippen molar-refractivity contribution in [3.63, 3.8) is 0 Å². The van der Waals surface area contributed by atoms with Crippen molar-refractivity contribution >= 4 is 0 Å². The van der Waals surface area contributed by atoms with Gasteiger partial charge in [-0.2, -0.15) is 5.10 Å². The van der Waals surface area contributed by atoms with Gasteiger partial charge in [-0.1, -0.05) is 31.2 Å². The van der Waals surface area contributed by atoms with Crippen molar-refractivity contribution in [3.8, 4) is 0 Å². The van der Waals surface area contributed by atoms with Crippen molar-refractivity contribution in [3.05, 3.63) is 52.8 Å². The lowest BCUT2D eigenvalue weighted by atomic mass is 10.1. The SMILES string of the molecule is CCCNCc1ccccc1Cn1nc(C)cc1C. The molecule has 19 heavy (non-hydrogen) atoms. The largest absolute Gasteiger partial charge is 0.313 e. The molecule has 1 heterocycles. The maximum Gasteiger partial charge on any atom is 0.0665 e. The maximum atomic E-state index is 4.54. The van der Waals surface area contributed by atoms with Crippen LogP contribution in [0.25, 0.3) is 0 Å². The first-order valence-corrected chi connectivity index (χ1v) is 6.99. The van der Waals surface area contributed by atoms with Gasteiger partial charge in [0.2, 0.25) is 0 Å². The normalized spacial score (nSPS) is 10.9. The minimum Gasteiger partial charge on any atom is -0.313 e. The van der Waals surface area contributed by atoms with Crippen LogP contribution >= 0.6 is 0 Å². The molecule has 102 valence electrons. The molecule has 1 aromatic heterocycles. The fourth-order valence-electron chi connectivity index (χ4n) is 2.28. The van der Waals surface area contributed by atoms with Gasteiger partial charge >= 0.3 is 0 Å². The van der Waals surface area contributed by atoms with E-state index in [-0.39, 0.29) is 0 Å². The molecule has 0 atom stereocenters. The minimum absolute atomic E-state index is 0.851. The predicted octanol–water partition coefficient (Wildman–Crippen LogP) is 3.05. The van der Waals surface area contributed by atoms with Crippen LogP contribution in [-0.2, 0) is 13.1 Å². The lowest BCUT2D eigenvalue weighted by Crippen LogP contribution is -2.16. The molecule has 0 spiro atoms. The molecular formula is C16H23N3. The van der Waals surface area contributed by atoms with Crippen LogP contribution in [0.4, 0.5) is 0 Å². The average molecular weight is 257 g/mol. The van der Waals surface area contributed by atoms with Crippen molar-refractivity contribution in [1.82, 2.24) is 15.1 Å². The van der Waals surface area contributed by atoms with Crippen molar-refractivity contribution < 1.29 is 0 Å². The molecule has 2 rings (SSSR count). The van der Waals surface area contributed by atoms with Crippen molar-refractivity contribution in [2.75, 3.05) is 6.54 Å². The standard InChI is InChI=1S/C16H23N3/c1-4-9-17-11-15-7-5-6-8-16(15)12-19-14(3)10-13(2)18-19/h5-8,10,17H,4,9,11-12H2,1-3H3. The number of aromatic nitrogens is 2. The molecule has 1 aromatic carbocycles. The first kappa shape index (κ1) is 13.8. The number of nitrogens with one attached hydrogen (secondary N) is 1. The second-order valence-electron chi connectivity index (χ2n) is 5.03. The van der Waals surface area contributed by atoms with Gasteiger partial charge in [0, 0.05) is 12.2 Å². The van der Waals surface area contributed by atoms with Gasteiger partial charge < -0.3 is 5.32 Å². The highest BCUT2D eigenvalue weighted by Gasteiger charge is 2.05. The zero-order valence-electron chi connectivity index (χ0n) is 12.1. The molecule has 3 nitrogen and oxygen atoms in total. The summed E-state index contributed by atoms with van der Waals surface area (Å²) in [6.07, 6.45) is 1.17. The highest BCUT2D eigenvalue weighted by atomic mass is 15.3. The zero-order chi connectivity index (χ0) is 13.7. The van der Waals surface area contributed by atoms with Gasteiger partial charge in [0.05, 0.1) is 12.2 Å². The van der Waals surface area contributed by atoms with E-state index in [1.54, 1.807) is 0 Å². The van der Waals surface area contributed by atoms with Crippen LogP contribution in [0.1, 0.15) is 35.9 Å². The molecule has 0 saturated carbocycles. The summed E-state index contributed by atoms with van der Waals surface area (Å²) >= 11 is 0. The third-order valence-corrected chi connectivity index (χ3v) is 3.28. The molecule has 0 fully saturated rings. The fraction of sp³-hybridized carbons (Fsp3) is 0.438. The number of benzene rings is 1. The molecule has 0 aliphatic heterocycles. The summed E-state index contributed by atoms with van der Waals surface area (Å²) < 4.78 is 2.08. The summed E-state index contributed by atoms with van der Waals surface area (Å²) in [5.41, 5.74) is 5.01. The summed E-state index contributed by atoms with van der Waals surface area (Å²) in [5.74, 6) is 0. The van der Waals surface area contributed by atoms with Crippen LogP contribution < -0.4 is 5.32 Å². The molecule has 3 heteroatoms. The third-order valence-electron chi connectivity index (χ3n) is 3.28. The molecule has 0 aliphatic rings. The molecule has 0 radical (unpaired) electrons. The topological polar surface area (TPSA) is 29.9 Å². The Morgan fingerprint density at radius 2 is 1.89 bits per heavy atom. The monoisotopic (exact) mass is 257 g/mol. The van der Waals surface area contributed by atoms with Crippen LogP contribution in [0, 0.1) is 13.8 Å². The van der Waals surface area contributed by atoms with Crippen molar-refractivity contribution in [1.29, 1.82) is 0 Å². The Bertz CT molecular complexity index is 529. The maximum absolute atomic E-state index is 4.54. The van der Waals surface area contributed by atoms with Gasteiger partial charge in [-0.05, 0) is 44.0 Å². The number of nitrogens with zero attached hydrogens (tertiary/aromatic N) is 2. The predicted molar refractivity (Wildman–Crippen MR) is 79.2 cm³/mol. The number of hydrogen-bond acceptors (Lipinski definition) is 2. The lowest BCUT2D eigenvalue weighted by molar-refractivity contribution is 0.636. The van der Waals surface area contributed by atoms with E-state index in [1.165, 1.54) is 23.2 Å². The molecule has 1 N–H and O–H groups in total. The molecular weight excluding hydrogens is 234 g/mol. The average Bonchev–Trinajstić information content (AvgIpc) is 2.70. The van der Waals surface area contributed by atoms with E-state index >= 15 is 0 Å². The number of hydrogen-bond donors (Lipinski definition) is 1. The molecule has 2 aromatic rings. The number of rotatable bonds is 6. The molecule has 0 bridgehead atoms. The van der Waals surface area contributed by atoms with Crippen LogP contribution in [0.2, 0.25) is 0 Å². The molecule has 0 amide bonds. The molecule has 0 unspecified atom stereocenters. The highest BCUT2D eigenvalue weighted by Crippen LogP contribution is 2.12. The van der Waals surface area contributed by atoms with Crippen molar-refractivity contribution in [2.45, 2.75) is 40.3 Å². The van der Waals surface area contributed by atoms with E-state index < -0.39 is 0 Å². The quantitative estimate of drug-likeness (QED) is 0.806. The number of aryl methyl sites for hydroxylation is 2. The second kappa shape index (κ2) is 6.53. The zero-order valence-corrected chi connectivity index (χ0v) is 12.1. The molecule has 0 aliphatic carbocycles. The van der Waals surface area contributed by atoms with Crippen LogP contribution in [0.3, 0.4) is 0 Å². The van der Waals surface area contributed by atoms with Crippen molar-refractivity contribution in [2.24, 2.45) is 0 Å². The first-order chi connectivity index (χ1) is 9.20. The van der Waals surface area contributed by atoms with E-state index in [0.29, 0.717) is 0 Å². The van der Waals surface area contributed by atoms with E-state index in [2.05, 4.69) is 59.3 Å². The molecule has 0 saturated heterocycles. The van der Waals surface area contributed by atoms with Gasteiger partial charge in [-0.3, -0.25) is 4.68 Å². The summed E-state index contributed by atoms with van der Waals surface area (Å²) in [7, 11) is 0. The van der Waals surface area contributed by atoms with Crippen LogP contribution in [-0.4, -0.2) is 16.3 Å². The van der Waals surface area contributed by atoms with E-state index in [1.807, 2.05) is 6.92 Å². The van der Waals surface area contributed by atoms with Crippen LogP contribution in [0.5, 0.6) is 0 Å². The Balaban J connectivity index is 2.13. The summed E-state index contributed by atoms with van der Waals surface area (Å²) in [5, 5.41) is 8.01. The Kier molecular flexibility index (Phi) is 4.74. The smallest absolute Gasteiger partial charge is 0.0665 e. The summed E-state index contributed by atoms with van der Waals surface area (Å²) in [6, 6.07) is 10.7. The van der Waals surface area contributed by atoms with Gasteiger partial charge in [0.1, 0.15) is 0 Å². The van der Waals surface area contributed by atoms with E-state index in [4.69, 9.17) is 0 Å². The Labute approximate surface area is 115 Å². The Morgan fingerprint density at radius 3 is 2.53 bits per heavy atom. The Morgan fingerprint density at radius 1 is 1.16 bits per heavy atom. The third kappa shape index (κ3) is 3.67. The van der Waals surface area contributed by atoms with Crippen LogP contribution in [0.15, 0.2) is 30.3 Å². The Hall–Kier alpha value is -1.61.